The maximum Gasteiger partial charge on any atom is 0.410 e. The summed E-state index contributed by atoms with van der Waals surface area (Å²) in [5.74, 6) is 1.75. The van der Waals surface area contributed by atoms with Gasteiger partial charge >= 0.3 is 6.09 Å². The molecule has 0 bridgehead atoms. The van der Waals surface area contributed by atoms with Crippen molar-refractivity contribution in [2.24, 2.45) is 0 Å². The van der Waals surface area contributed by atoms with E-state index >= 15 is 0 Å². The molecule has 8 heteroatoms. The molecule has 0 spiro atoms. The second kappa shape index (κ2) is 10.4. The Hall–Kier alpha value is -3.86. The van der Waals surface area contributed by atoms with Crippen molar-refractivity contribution < 1.29 is 18.8 Å². The summed E-state index contributed by atoms with van der Waals surface area (Å²) in [6, 6.07) is 17.9. The molecule has 1 aromatic heterocycles. The van der Waals surface area contributed by atoms with Crippen molar-refractivity contribution in [3.8, 4) is 23.3 Å². The van der Waals surface area contributed by atoms with E-state index in [1.54, 1.807) is 12.1 Å². The maximum absolute atomic E-state index is 13.5. The van der Waals surface area contributed by atoms with Gasteiger partial charge in [-0.15, -0.1) is 0 Å². The van der Waals surface area contributed by atoms with E-state index in [0.29, 0.717) is 35.1 Å². The van der Waals surface area contributed by atoms with Gasteiger partial charge in [0, 0.05) is 24.1 Å². The van der Waals surface area contributed by atoms with Crippen molar-refractivity contribution in [1.29, 1.82) is 5.26 Å². The second-order valence-corrected chi connectivity index (χ2v) is 12.0. The highest BCUT2D eigenvalue weighted by Gasteiger charge is 2.52. The van der Waals surface area contributed by atoms with E-state index in [2.05, 4.69) is 23.4 Å². The van der Waals surface area contributed by atoms with Gasteiger partial charge in [-0.2, -0.15) is 10.2 Å². The van der Waals surface area contributed by atoms with Gasteiger partial charge < -0.3 is 18.9 Å². The molecule has 2 saturated carbocycles. The van der Waals surface area contributed by atoms with E-state index in [4.69, 9.17) is 19.0 Å². The molecule has 2 aliphatic carbocycles. The number of nitriles is 1. The number of benzene rings is 2. The lowest BCUT2D eigenvalue weighted by molar-refractivity contribution is 0.0123. The van der Waals surface area contributed by atoms with E-state index in [1.165, 1.54) is 5.56 Å². The lowest BCUT2D eigenvalue weighted by Crippen LogP contribution is -2.50. The average Bonchev–Trinajstić information content (AvgIpc) is 3.50. The van der Waals surface area contributed by atoms with Crippen LogP contribution in [0, 0.1) is 11.3 Å². The molecule has 1 heterocycles. The molecule has 1 amide bonds. The zero-order valence-corrected chi connectivity index (χ0v) is 23.3. The number of ether oxygens (including phenoxy) is 2. The predicted octanol–water partition coefficient (Wildman–Crippen LogP) is 6.61. The van der Waals surface area contributed by atoms with Crippen LogP contribution in [-0.2, 0) is 10.2 Å². The first-order valence-corrected chi connectivity index (χ1v) is 13.7. The first-order chi connectivity index (χ1) is 18.6. The SMILES string of the molecule is CC(C)Oc1ccc(-c2nc(C3(CN(C(=O)OC(C)(C)C)[C@H]4C[C@@H]4c4ccccc4)CCC3)no2)cc1C#N. The van der Waals surface area contributed by atoms with E-state index in [-0.39, 0.29) is 24.2 Å². The minimum atomic E-state index is -0.595. The minimum absolute atomic E-state index is 0.0442. The van der Waals surface area contributed by atoms with Crippen molar-refractivity contribution >= 4 is 6.09 Å². The van der Waals surface area contributed by atoms with Gasteiger partial charge in [-0.05, 0) is 77.6 Å². The Bertz CT molecular complexity index is 1370. The first kappa shape index (κ1) is 26.7. The van der Waals surface area contributed by atoms with Gasteiger partial charge in [0.25, 0.3) is 5.89 Å². The third kappa shape index (κ3) is 5.78. The smallest absolute Gasteiger partial charge is 0.410 e. The molecule has 2 atom stereocenters. The highest BCUT2D eigenvalue weighted by molar-refractivity contribution is 5.70. The Morgan fingerprint density at radius 1 is 1.21 bits per heavy atom. The summed E-state index contributed by atoms with van der Waals surface area (Å²) in [7, 11) is 0. The van der Waals surface area contributed by atoms with Crippen molar-refractivity contribution in [3.05, 3.63) is 65.5 Å². The van der Waals surface area contributed by atoms with E-state index in [9.17, 15) is 10.1 Å². The van der Waals surface area contributed by atoms with Crippen LogP contribution < -0.4 is 4.74 Å². The van der Waals surface area contributed by atoms with Crippen molar-refractivity contribution in [3.63, 3.8) is 0 Å². The molecule has 8 nitrogen and oxygen atoms in total. The Morgan fingerprint density at radius 3 is 2.56 bits per heavy atom. The lowest BCUT2D eigenvalue weighted by atomic mass is 9.67. The normalized spacial score (nSPS) is 19.6. The van der Waals surface area contributed by atoms with Crippen molar-refractivity contribution in [2.45, 2.75) is 89.4 Å². The van der Waals surface area contributed by atoms with E-state index in [1.807, 2.05) is 63.8 Å². The van der Waals surface area contributed by atoms with Gasteiger partial charge in [0.05, 0.1) is 17.1 Å². The Kier molecular flexibility index (Phi) is 7.11. The fourth-order valence-electron chi connectivity index (χ4n) is 5.27. The molecule has 0 N–H and O–H groups in total. The highest BCUT2D eigenvalue weighted by atomic mass is 16.6. The number of hydrogen-bond acceptors (Lipinski definition) is 7. The largest absolute Gasteiger partial charge is 0.490 e. The summed E-state index contributed by atoms with van der Waals surface area (Å²) in [4.78, 5) is 20.1. The molecular formula is C31H36N4O4. The molecular weight excluding hydrogens is 492 g/mol. The van der Waals surface area contributed by atoms with Crippen LogP contribution >= 0.6 is 0 Å². The van der Waals surface area contributed by atoms with Crippen LogP contribution in [0.5, 0.6) is 5.75 Å². The quantitative estimate of drug-likeness (QED) is 0.324. The van der Waals surface area contributed by atoms with Gasteiger partial charge in [0.15, 0.2) is 5.82 Å². The summed E-state index contributed by atoms with van der Waals surface area (Å²) in [5.41, 5.74) is 1.31. The highest BCUT2D eigenvalue weighted by Crippen LogP contribution is 2.49. The Morgan fingerprint density at radius 2 is 1.95 bits per heavy atom. The first-order valence-electron chi connectivity index (χ1n) is 13.7. The Labute approximate surface area is 229 Å². The minimum Gasteiger partial charge on any atom is -0.490 e. The number of hydrogen-bond donors (Lipinski definition) is 0. The van der Waals surface area contributed by atoms with Gasteiger partial charge in [0.2, 0.25) is 0 Å². The van der Waals surface area contributed by atoms with Crippen molar-refractivity contribution in [1.82, 2.24) is 15.0 Å². The average molecular weight is 529 g/mol. The van der Waals surface area contributed by atoms with Crippen LogP contribution in [0.3, 0.4) is 0 Å². The van der Waals surface area contributed by atoms with Crippen LogP contribution in [0.15, 0.2) is 53.1 Å². The number of rotatable bonds is 8. The van der Waals surface area contributed by atoms with Crippen LogP contribution in [0.2, 0.25) is 0 Å². The molecule has 5 rings (SSSR count). The molecule has 0 aliphatic heterocycles. The fourth-order valence-corrected chi connectivity index (χ4v) is 5.27. The van der Waals surface area contributed by atoms with Gasteiger partial charge in [-0.3, -0.25) is 0 Å². The molecule has 204 valence electrons. The standard InChI is InChI=1S/C31H36N4O4/c1-20(2)37-26-13-12-22(16-23(26)18-32)27-33-28(34-39-27)31(14-9-15-31)19-35(29(36)38-30(3,4)5)25-17-24(25)21-10-7-6-8-11-21/h6-8,10-13,16,20,24-25H,9,14-15,17,19H2,1-5H3/t24-,25+/m1/s1. The van der Waals surface area contributed by atoms with Gasteiger partial charge in [0.1, 0.15) is 17.4 Å². The molecule has 2 aromatic carbocycles. The molecule has 39 heavy (non-hydrogen) atoms. The summed E-state index contributed by atoms with van der Waals surface area (Å²) >= 11 is 0. The lowest BCUT2D eigenvalue weighted by Gasteiger charge is -2.43. The zero-order valence-electron chi connectivity index (χ0n) is 23.3. The zero-order chi connectivity index (χ0) is 27.8. The number of aromatic nitrogens is 2. The number of carbonyl (C=O) groups excluding carboxylic acids is 1. The van der Waals surface area contributed by atoms with Crippen molar-refractivity contribution in [2.75, 3.05) is 6.54 Å². The van der Waals surface area contributed by atoms with Crippen LogP contribution in [0.1, 0.15) is 83.2 Å². The number of amides is 1. The van der Waals surface area contributed by atoms with E-state index < -0.39 is 11.0 Å². The van der Waals surface area contributed by atoms with Crippen LogP contribution in [0.4, 0.5) is 4.79 Å². The monoisotopic (exact) mass is 528 g/mol. The summed E-state index contributed by atoms with van der Waals surface area (Å²) in [5, 5.41) is 14.0. The molecule has 0 radical (unpaired) electrons. The van der Waals surface area contributed by atoms with Gasteiger partial charge in [-0.1, -0.05) is 41.9 Å². The number of nitrogens with zero attached hydrogens (tertiary/aromatic N) is 4. The molecule has 0 unspecified atom stereocenters. The fraction of sp³-hybridized carbons (Fsp3) is 0.484. The maximum atomic E-state index is 13.5. The number of carbonyl (C=O) groups is 1. The summed E-state index contributed by atoms with van der Waals surface area (Å²) in [6.45, 7) is 9.98. The topological polar surface area (TPSA) is 101 Å². The van der Waals surface area contributed by atoms with E-state index in [0.717, 1.165) is 25.7 Å². The van der Waals surface area contributed by atoms with Crippen LogP contribution in [-0.4, -0.2) is 45.4 Å². The van der Waals surface area contributed by atoms with Crippen LogP contribution in [0.25, 0.3) is 11.5 Å². The molecule has 2 aliphatic rings. The summed E-state index contributed by atoms with van der Waals surface area (Å²) < 4.78 is 17.3. The molecule has 2 fully saturated rings. The second-order valence-electron chi connectivity index (χ2n) is 12.0. The Balaban J connectivity index is 1.40. The molecule has 3 aromatic rings. The summed E-state index contributed by atoms with van der Waals surface area (Å²) in [6.07, 6.45) is 3.30. The predicted molar refractivity (Wildman–Crippen MR) is 146 cm³/mol. The third-order valence-corrected chi connectivity index (χ3v) is 7.41. The third-order valence-electron chi connectivity index (χ3n) is 7.41. The molecule has 0 saturated heterocycles. The van der Waals surface area contributed by atoms with Gasteiger partial charge in [-0.25, -0.2) is 4.79 Å².